The zero-order valence-corrected chi connectivity index (χ0v) is 9.61. The quantitative estimate of drug-likeness (QED) is 0.590. The highest BCUT2D eigenvalue weighted by Crippen LogP contribution is 2.52. The average Bonchev–Trinajstić information content (AvgIpc) is 2.83. The minimum Gasteiger partial charge on any atom is -0.126 e. The van der Waals surface area contributed by atoms with Crippen LogP contribution in [0.3, 0.4) is 0 Å². The molecule has 0 radical (unpaired) electrons. The fourth-order valence-electron chi connectivity index (χ4n) is 2.88. The molecule has 0 heterocycles. The predicted octanol–water partition coefficient (Wildman–Crippen LogP) is 4.08. The highest BCUT2D eigenvalue weighted by Gasteiger charge is 2.43. The number of hydrogen-bond donors (Lipinski definition) is 0. The zero-order valence-electron chi connectivity index (χ0n) is 8.85. The van der Waals surface area contributed by atoms with E-state index in [9.17, 15) is 0 Å². The summed E-state index contributed by atoms with van der Waals surface area (Å²) in [7, 11) is 0. The number of rotatable bonds is 2. The monoisotopic (exact) mass is 200 g/mol. The van der Waals surface area contributed by atoms with Crippen LogP contribution in [0.4, 0.5) is 0 Å². The van der Waals surface area contributed by atoms with Gasteiger partial charge in [0.1, 0.15) is 0 Å². The molecule has 2 aliphatic rings. The van der Waals surface area contributed by atoms with Crippen LogP contribution in [0.15, 0.2) is 0 Å². The maximum Gasteiger partial charge on any atom is 0.0254 e. The Morgan fingerprint density at radius 1 is 1.23 bits per heavy atom. The molecule has 0 aromatic carbocycles. The van der Waals surface area contributed by atoms with Gasteiger partial charge in [-0.1, -0.05) is 13.8 Å². The van der Waals surface area contributed by atoms with Gasteiger partial charge in [-0.15, -0.1) is 11.6 Å². The van der Waals surface area contributed by atoms with Gasteiger partial charge in [-0.3, -0.25) is 0 Å². The molecular weight excluding hydrogens is 180 g/mol. The van der Waals surface area contributed by atoms with Crippen molar-refractivity contribution in [1.82, 2.24) is 0 Å². The molecule has 0 N–H and O–H groups in total. The lowest BCUT2D eigenvalue weighted by atomic mass is 9.71. The first kappa shape index (κ1) is 9.83. The fourth-order valence-corrected chi connectivity index (χ4v) is 3.23. The van der Waals surface area contributed by atoms with Crippen molar-refractivity contribution in [2.24, 2.45) is 23.2 Å². The first-order valence-corrected chi connectivity index (χ1v) is 6.22. The van der Waals surface area contributed by atoms with E-state index in [0.29, 0.717) is 5.41 Å². The van der Waals surface area contributed by atoms with E-state index in [0.717, 1.165) is 23.6 Å². The van der Waals surface area contributed by atoms with Gasteiger partial charge in [0.2, 0.25) is 0 Å². The number of halogens is 1. The highest BCUT2D eigenvalue weighted by molar-refractivity contribution is 6.18. The van der Waals surface area contributed by atoms with Crippen LogP contribution >= 0.6 is 11.6 Å². The van der Waals surface area contributed by atoms with Crippen LogP contribution in [0.5, 0.6) is 0 Å². The first-order valence-electron chi connectivity index (χ1n) is 5.68. The molecule has 0 aromatic rings. The highest BCUT2D eigenvalue weighted by atomic mass is 35.5. The third-order valence-electron chi connectivity index (χ3n) is 4.16. The van der Waals surface area contributed by atoms with E-state index in [2.05, 4.69) is 13.8 Å². The zero-order chi connectivity index (χ0) is 9.47. The Labute approximate surface area is 87.0 Å². The summed E-state index contributed by atoms with van der Waals surface area (Å²) in [6, 6.07) is 0. The Hall–Kier alpha value is 0.290. The lowest BCUT2D eigenvalue weighted by molar-refractivity contribution is 0.174. The first-order chi connectivity index (χ1) is 6.12. The van der Waals surface area contributed by atoms with Crippen molar-refractivity contribution >= 4 is 11.6 Å². The van der Waals surface area contributed by atoms with Gasteiger partial charge in [0.05, 0.1) is 0 Å². The summed E-state index contributed by atoms with van der Waals surface area (Å²) in [6.45, 7) is 4.82. The number of hydrogen-bond acceptors (Lipinski definition) is 0. The van der Waals surface area contributed by atoms with Gasteiger partial charge in [-0.2, -0.15) is 0 Å². The Morgan fingerprint density at radius 3 is 2.31 bits per heavy atom. The van der Waals surface area contributed by atoms with Crippen molar-refractivity contribution < 1.29 is 0 Å². The van der Waals surface area contributed by atoms with Crippen LogP contribution in [-0.2, 0) is 0 Å². The summed E-state index contributed by atoms with van der Waals surface area (Å²) in [5.41, 5.74) is 0.627. The predicted molar refractivity (Wildman–Crippen MR) is 58.1 cm³/mol. The fraction of sp³-hybridized carbons (Fsp3) is 1.00. The number of alkyl halides is 1. The molecule has 0 spiro atoms. The minimum atomic E-state index is 0.627. The molecule has 0 saturated heterocycles. The summed E-state index contributed by atoms with van der Waals surface area (Å²) in [6.07, 6.45) is 7.22. The van der Waals surface area contributed by atoms with Gasteiger partial charge in [0.15, 0.2) is 0 Å². The Kier molecular flexibility index (Phi) is 2.61. The Balaban J connectivity index is 1.79. The third kappa shape index (κ3) is 2.21. The smallest absolute Gasteiger partial charge is 0.0254 e. The van der Waals surface area contributed by atoms with Crippen molar-refractivity contribution in [2.75, 3.05) is 5.88 Å². The molecule has 1 heteroatoms. The van der Waals surface area contributed by atoms with Crippen molar-refractivity contribution in [3.63, 3.8) is 0 Å². The molecule has 0 amide bonds. The molecule has 76 valence electrons. The molecule has 13 heavy (non-hydrogen) atoms. The van der Waals surface area contributed by atoms with E-state index in [1.54, 1.807) is 0 Å². The van der Waals surface area contributed by atoms with Gasteiger partial charge in [-0.25, -0.2) is 0 Å². The van der Waals surface area contributed by atoms with E-state index in [-0.39, 0.29) is 0 Å². The van der Waals surface area contributed by atoms with Crippen LogP contribution in [-0.4, -0.2) is 5.88 Å². The second-order valence-electron chi connectivity index (χ2n) is 5.82. The summed E-state index contributed by atoms with van der Waals surface area (Å²) < 4.78 is 0. The van der Waals surface area contributed by atoms with Gasteiger partial charge in [-0.05, 0) is 55.3 Å². The second kappa shape index (κ2) is 3.46. The molecular formula is C12H21Cl. The van der Waals surface area contributed by atoms with Gasteiger partial charge in [0.25, 0.3) is 0 Å². The molecule has 0 nitrogen and oxygen atoms in total. The van der Waals surface area contributed by atoms with Crippen LogP contribution in [0, 0.1) is 23.2 Å². The van der Waals surface area contributed by atoms with Crippen molar-refractivity contribution in [3.05, 3.63) is 0 Å². The maximum absolute atomic E-state index is 5.87. The van der Waals surface area contributed by atoms with E-state index in [1.165, 1.54) is 32.1 Å². The van der Waals surface area contributed by atoms with E-state index in [4.69, 9.17) is 11.6 Å². The molecule has 0 bridgehead atoms. The van der Waals surface area contributed by atoms with Crippen molar-refractivity contribution in [2.45, 2.75) is 46.0 Å². The second-order valence-corrected chi connectivity index (χ2v) is 6.12. The average molecular weight is 201 g/mol. The summed E-state index contributed by atoms with van der Waals surface area (Å²) >= 11 is 5.87. The molecule has 0 aliphatic heterocycles. The Morgan fingerprint density at radius 2 is 1.85 bits per heavy atom. The van der Waals surface area contributed by atoms with Gasteiger partial charge >= 0.3 is 0 Å². The topological polar surface area (TPSA) is 0 Å². The Bertz CT molecular complexity index is 176. The minimum absolute atomic E-state index is 0.627. The van der Waals surface area contributed by atoms with Crippen LogP contribution < -0.4 is 0 Å². The van der Waals surface area contributed by atoms with Crippen LogP contribution in [0.2, 0.25) is 0 Å². The largest absolute Gasteiger partial charge is 0.126 e. The van der Waals surface area contributed by atoms with Crippen LogP contribution in [0.1, 0.15) is 46.0 Å². The standard InChI is InChI=1S/C12H21Cl/c1-12(2)5-3-9(4-6-12)11-7-10(11)8-13/h9-11H,3-8H2,1-2H3. The summed E-state index contributed by atoms with van der Waals surface area (Å²) in [5.74, 6) is 3.82. The maximum atomic E-state index is 5.87. The molecule has 2 rings (SSSR count). The molecule has 2 fully saturated rings. The van der Waals surface area contributed by atoms with Crippen LogP contribution in [0.25, 0.3) is 0 Å². The SMILES string of the molecule is CC1(C)CCC(C2CC2CCl)CC1. The molecule has 2 saturated carbocycles. The molecule has 0 aromatic heterocycles. The van der Waals surface area contributed by atoms with Crippen molar-refractivity contribution in [3.8, 4) is 0 Å². The normalized spacial score (nSPS) is 39.0. The summed E-state index contributed by atoms with van der Waals surface area (Å²) in [5, 5.41) is 0. The third-order valence-corrected chi connectivity index (χ3v) is 4.56. The van der Waals surface area contributed by atoms with Gasteiger partial charge < -0.3 is 0 Å². The van der Waals surface area contributed by atoms with E-state index >= 15 is 0 Å². The molecule has 2 aliphatic carbocycles. The molecule has 2 atom stereocenters. The van der Waals surface area contributed by atoms with E-state index in [1.807, 2.05) is 0 Å². The van der Waals surface area contributed by atoms with Gasteiger partial charge in [0, 0.05) is 5.88 Å². The summed E-state index contributed by atoms with van der Waals surface area (Å²) in [4.78, 5) is 0. The van der Waals surface area contributed by atoms with E-state index < -0.39 is 0 Å². The van der Waals surface area contributed by atoms with Crippen molar-refractivity contribution in [1.29, 1.82) is 0 Å². The lowest BCUT2D eigenvalue weighted by Gasteiger charge is -2.34. The molecule has 2 unspecified atom stereocenters. The lowest BCUT2D eigenvalue weighted by Crippen LogP contribution is -2.22.